The average Bonchev–Trinajstić information content (AvgIpc) is 2.33. The molecule has 100 valence electrons. The Morgan fingerprint density at radius 3 is 2.63 bits per heavy atom. The van der Waals surface area contributed by atoms with Gasteiger partial charge in [-0.1, -0.05) is 22.0 Å². The summed E-state index contributed by atoms with van der Waals surface area (Å²) in [5.74, 6) is 0.742. The van der Waals surface area contributed by atoms with E-state index in [9.17, 15) is 9.50 Å². The summed E-state index contributed by atoms with van der Waals surface area (Å²) >= 11 is 3.36. The fraction of sp³-hybridized carbons (Fsp3) is 0.200. The van der Waals surface area contributed by atoms with Gasteiger partial charge in [-0.25, -0.2) is 4.39 Å². The third-order valence-corrected chi connectivity index (χ3v) is 3.26. The predicted octanol–water partition coefficient (Wildman–Crippen LogP) is 4.74. The van der Waals surface area contributed by atoms with Crippen molar-refractivity contribution in [2.75, 3.05) is 0 Å². The van der Waals surface area contributed by atoms with Crippen molar-refractivity contribution in [2.45, 2.75) is 20.0 Å². The molecule has 0 heterocycles. The van der Waals surface area contributed by atoms with Crippen molar-refractivity contribution >= 4 is 15.9 Å². The molecule has 0 spiro atoms. The van der Waals surface area contributed by atoms with E-state index >= 15 is 0 Å². The van der Waals surface area contributed by atoms with Gasteiger partial charge in [0.05, 0.1) is 6.10 Å². The number of benzene rings is 2. The summed E-state index contributed by atoms with van der Waals surface area (Å²) in [6, 6.07) is 10.3. The second-order valence-corrected chi connectivity index (χ2v) is 5.29. The van der Waals surface area contributed by atoms with E-state index in [2.05, 4.69) is 15.9 Å². The molecule has 0 aliphatic rings. The van der Waals surface area contributed by atoms with Crippen LogP contribution in [-0.2, 0) is 0 Å². The number of halogens is 2. The monoisotopic (exact) mass is 324 g/mol. The lowest BCUT2D eigenvalue weighted by atomic mass is 10.1. The van der Waals surface area contributed by atoms with Crippen molar-refractivity contribution in [3.05, 3.63) is 57.8 Å². The molecule has 0 radical (unpaired) electrons. The molecule has 0 bridgehead atoms. The molecule has 2 rings (SSSR count). The minimum Gasteiger partial charge on any atom is -0.457 e. The number of ether oxygens (including phenoxy) is 1. The standard InChI is InChI=1S/C15H14BrFO2/c1-9-6-15(13(10(2)18)8-14(9)17)19-12-5-3-4-11(16)7-12/h3-8,10,18H,1-2H3/t10-/m0/s1. The Bertz CT molecular complexity index is 597. The first-order valence-electron chi connectivity index (χ1n) is 5.89. The third kappa shape index (κ3) is 3.33. The highest BCUT2D eigenvalue weighted by atomic mass is 79.9. The zero-order valence-electron chi connectivity index (χ0n) is 10.7. The molecule has 0 saturated carbocycles. The first-order valence-corrected chi connectivity index (χ1v) is 6.68. The highest BCUT2D eigenvalue weighted by molar-refractivity contribution is 9.10. The van der Waals surface area contributed by atoms with Gasteiger partial charge < -0.3 is 9.84 Å². The molecule has 0 unspecified atom stereocenters. The molecule has 2 nitrogen and oxygen atoms in total. The number of aliphatic hydroxyl groups is 1. The van der Waals surface area contributed by atoms with Crippen molar-refractivity contribution < 1.29 is 14.2 Å². The van der Waals surface area contributed by atoms with E-state index < -0.39 is 6.10 Å². The van der Waals surface area contributed by atoms with Crippen molar-refractivity contribution in [3.8, 4) is 11.5 Å². The maximum absolute atomic E-state index is 13.5. The van der Waals surface area contributed by atoms with E-state index in [-0.39, 0.29) is 5.82 Å². The Kier molecular flexibility index (Phi) is 4.22. The van der Waals surface area contributed by atoms with E-state index in [1.807, 2.05) is 18.2 Å². The molecule has 1 atom stereocenters. The van der Waals surface area contributed by atoms with Crippen LogP contribution in [0.5, 0.6) is 11.5 Å². The van der Waals surface area contributed by atoms with E-state index in [1.165, 1.54) is 6.07 Å². The van der Waals surface area contributed by atoms with Crippen LogP contribution >= 0.6 is 15.9 Å². The summed E-state index contributed by atoms with van der Waals surface area (Å²) in [5.41, 5.74) is 0.914. The number of hydrogen-bond acceptors (Lipinski definition) is 2. The Morgan fingerprint density at radius 1 is 1.26 bits per heavy atom. The largest absolute Gasteiger partial charge is 0.457 e. The summed E-state index contributed by atoms with van der Waals surface area (Å²) in [6.07, 6.45) is -0.794. The number of aliphatic hydroxyl groups excluding tert-OH is 1. The minimum absolute atomic E-state index is 0.350. The highest BCUT2D eigenvalue weighted by Crippen LogP contribution is 2.32. The lowest BCUT2D eigenvalue weighted by Crippen LogP contribution is -1.99. The van der Waals surface area contributed by atoms with Gasteiger partial charge >= 0.3 is 0 Å². The molecule has 19 heavy (non-hydrogen) atoms. The first kappa shape index (κ1) is 14.0. The Hall–Kier alpha value is -1.39. The van der Waals surface area contributed by atoms with Gasteiger partial charge in [0, 0.05) is 10.0 Å². The van der Waals surface area contributed by atoms with Gasteiger partial charge in [0.2, 0.25) is 0 Å². The van der Waals surface area contributed by atoms with Crippen molar-refractivity contribution in [3.63, 3.8) is 0 Å². The molecule has 2 aromatic carbocycles. The van der Waals surface area contributed by atoms with E-state index in [0.29, 0.717) is 22.6 Å². The van der Waals surface area contributed by atoms with Gasteiger partial charge in [-0.05, 0) is 49.7 Å². The molecule has 0 aliphatic heterocycles. The van der Waals surface area contributed by atoms with Crippen LogP contribution in [0.2, 0.25) is 0 Å². The van der Waals surface area contributed by atoms with Gasteiger partial charge in [-0.2, -0.15) is 0 Å². The van der Waals surface area contributed by atoms with Gasteiger partial charge in [-0.15, -0.1) is 0 Å². The van der Waals surface area contributed by atoms with Gasteiger partial charge in [0.1, 0.15) is 17.3 Å². The summed E-state index contributed by atoms with van der Waals surface area (Å²) in [5, 5.41) is 9.70. The second-order valence-electron chi connectivity index (χ2n) is 4.37. The number of aryl methyl sites for hydroxylation is 1. The summed E-state index contributed by atoms with van der Waals surface area (Å²) < 4.78 is 20.2. The number of hydrogen-bond donors (Lipinski definition) is 1. The van der Waals surface area contributed by atoms with Gasteiger partial charge in [-0.3, -0.25) is 0 Å². The van der Waals surface area contributed by atoms with Crippen LogP contribution in [0.1, 0.15) is 24.2 Å². The Morgan fingerprint density at radius 2 is 2.00 bits per heavy atom. The average molecular weight is 325 g/mol. The van der Waals surface area contributed by atoms with E-state index in [0.717, 1.165) is 4.47 Å². The van der Waals surface area contributed by atoms with Crippen LogP contribution in [0.3, 0.4) is 0 Å². The van der Waals surface area contributed by atoms with Gasteiger partial charge in [0.25, 0.3) is 0 Å². The smallest absolute Gasteiger partial charge is 0.133 e. The van der Waals surface area contributed by atoms with Crippen molar-refractivity contribution in [2.24, 2.45) is 0 Å². The molecular weight excluding hydrogens is 311 g/mol. The maximum atomic E-state index is 13.5. The summed E-state index contributed by atoms with van der Waals surface area (Å²) in [6.45, 7) is 3.24. The van der Waals surface area contributed by atoms with Crippen LogP contribution in [0.15, 0.2) is 40.9 Å². The quantitative estimate of drug-likeness (QED) is 0.883. The van der Waals surface area contributed by atoms with Crippen molar-refractivity contribution in [1.82, 2.24) is 0 Å². The van der Waals surface area contributed by atoms with Crippen LogP contribution in [0, 0.1) is 12.7 Å². The van der Waals surface area contributed by atoms with Crippen LogP contribution < -0.4 is 4.74 Å². The summed E-state index contributed by atoms with van der Waals surface area (Å²) in [7, 11) is 0. The zero-order chi connectivity index (χ0) is 14.0. The molecule has 0 saturated heterocycles. The Balaban J connectivity index is 2.41. The number of rotatable bonds is 3. The van der Waals surface area contributed by atoms with Crippen molar-refractivity contribution in [1.29, 1.82) is 0 Å². The topological polar surface area (TPSA) is 29.5 Å². The zero-order valence-corrected chi connectivity index (χ0v) is 12.2. The van der Waals surface area contributed by atoms with Crippen LogP contribution in [0.25, 0.3) is 0 Å². The fourth-order valence-electron chi connectivity index (χ4n) is 1.74. The molecule has 0 aromatic heterocycles. The molecule has 0 aliphatic carbocycles. The lowest BCUT2D eigenvalue weighted by Gasteiger charge is -2.14. The minimum atomic E-state index is -0.794. The molecule has 0 fully saturated rings. The normalized spacial score (nSPS) is 12.3. The maximum Gasteiger partial charge on any atom is 0.133 e. The van der Waals surface area contributed by atoms with Crippen LogP contribution in [0.4, 0.5) is 4.39 Å². The molecule has 1 N–H and O–H groups in total. The predicted molar refractivity (Wildman–Crippen MR) is 76.0 cm³/mol. The summed E-state index contributed by atoms with van der Waals surface area (Å²) in [4.78, 5) is 0. The lowest BCUT2D eigenvalue weighted by molar-refractivity contribution is 0.195. The SMILES string of the molecule is Cc1cc(Oc2cccc(Br)c2)c([C@H](C)O)cc1F. The fourth-order valence-corrected chi connectivity index (χ4v) is 2.12. The highest BCUT2D eigenvalue weighted by Gasteiger charge is 2.13. The molecular formula is C15H14BrFO2. The molecule has 2 aromatic rings. The molecule has 4 heteroatoms. The first-order chi connectivity index (χ1) is 8.97. The van der Waals surface area contributed by atoms with E-state index in [4.69, 9.17) is 4.74 Å². The van der Waals surface area contributed by atoms with E-state index in [1.54, 1.807) is 26.0 Å². The second kappa shape index (κ2) is 5.72. The Labute approximate surface area is 120 Å². The van der Waals surface area contributed by atoms with Crippen LogP contribution in [-0.4, -0.2) is 5.11 Å². The third-order valence-electron chi connectivity index (χ3n) is 2.77. The molecule has 0 amide bonds. The van der Waals surface area contributed by atoms with Gasteiger partial charge in [0.15, 0.2) is 0 Å².